The first-order valence-corrected chi connectivity index (χ1v) is 11.6. The minimum absolute atomic E-state index is 0. The first-order chi connectivity index (χ1) is 15.6. The average molecular weight is 564 g/mol. The standard InChI is InChI=1S/C26H37N5O.HI/c1-20-13-16-31(17-14-20)24(22-9-5-4-6-10-22)19-30-26(28-3)29-15-12-21-8-7-11-23(18-21)25(32)27-2;/h4-11,18,20,24H,12-17,19H2,1-3H3,(H,27,32)(H2,28,29,30);1H. The molecular formula is C26H38IN5O. The van der Waals surface area contributed by atoms with Crippen LogP contribution in [0.15, 0.2) is 59.6 Å². The largest absolute Gasteiger partial charge is 0.356 e. The van der Waals surface area contributed by atoms with E-state index in [0.717, 1.165) is 50.0 Å². The number of carbonyl (C=O) groups is 1. The lowest BCUT2D eigenvalue weighted by molar-refractivity contribution is 0.0963. The highest BCUT2D eigenvalue weighted by atomic mass is 127. The van der Waals surface area contributed by atoms with Crippen molar-refractivity contribution in [3.05, 3.63) is 71.3 Å². The fraction of sp³-hybridized carbons (Fsp3) is 0.462. The fourth-order valence-electron chi connectivity index (χ4n) is 4.22. The lowest BCUT2D eigenvalue weighted by Crippen LogP contribution is -2.45. The molecule has 2 aromatic carbocycles. The minimum atomic E-state index is -0.0589. The molecule has 33 heavy (non-hydrogen) atoms. The van der Waals surface area contributed by atoms with Gasteiger partial charge in [0.05, 0.1) is 6.04 Å². The summed E-state index contributed by atoms with van der Waals surface area (Å²) in [6, 6.07) is 18.8. The topological polar surface area (TPSA) is 68.8 Å². The SMILES string of the molecule is CN=C(NCCc1cccc(C(=O)NC)c1)NCC(c1ccccc1)N1CCC(C)CC1.I. The number of hydrogen-bond acceptors (Lipinski definition) is 3. The van der Waals surface area contributed by atoms with E-state index >= 15 is 0 Å². The Bertz CT molecular complexity index is 881. The quantitative estimate of drug-likeness (QED) is 0.260. The van der Waals surface area contributed by atoms with Crippen LogP contribution in [0.3, 0.4) is 0 Å². The molecule has 1 heterocycles. The van der Waals surface area contributed by atoms with Gasteiger partial charge in [-0.05, 0) is 61.5 Å². The third-order valence-electron chi connectivity index (χ3n) is 6.25. The molecule has 0 spiro atoms. The Morgan fingerprint density at radius 3 is 2.48 bits per heavy atom. The summed E-state index contributed by atoms with van der Waals surface area (Å²) < 4.78 is 0. The number of amides is 1. The van der Waals surface area contributed by atoms with E-state index in [1.165, 1.54) is 18.4 Å². The molecule has 1 aliphatic rings. The Morgan fingerprint density at radius 1 is 1.09 bits per heavy atom. The van der Waals surface area contributed by atoms with Gasteiger partial charge in [-0.3, -0.25) is 14.7 Å². The zero-order chi connectivity index (χ0) is 22.8. The van der Waals surface area contributed by atoms with E-state index in [0.29, 0.717) is 11.6 Å². The molecule has 0 saturated carbocycles. The number of benzene rings is 2. The molecule has 1 unspecified atom stereocenters. The number of guanidine groups is 1. The van der Waals surface area contributed by atoms with Gasteiger partial charge in [-0.25, -0.2) is 0 Å². The van der Waals surface area contributed by atoms with Crippen LogP contribution in [0.4, 0.5) is 0 Å². The molecule has 7 heteroatoms. The summed E-state index contributed by atoms with van der Waals surface area (Å²) in [5.41, 5.74) is 3.16. The van der Waals surface area contributed by atoms with Crippen molar-refractivity contribution in [1.29, 1.82) is 0 Å². The molecule has 3 N–H and O–H groups in total. The zero-order valence-electron chi connectivity index (χ0n) is 20.0. The number of nitrogens with one attached hydrogen (secondary N) is 3. The first-order valence-electron chi connectivity index (χ1n) is 11.6. The maximum absolute atomic E-state index is 11.8. The Balaban J connectivity index is 0.00000385. The summed E-state index contributed by atoms with van der Waals surface area (Å²) in [6.07, 6.45) is 3.33. The Morgan fingerprint density at radius 2 is 1.82 bits per heavy atom. The smallest absolute Gasteiger partial charge is 0.251 e. The van der Waals surface area contributed by atoms with Crippen LogP contribution < -0.4 is 16.0 Å². The molecule has 0 radical (unpaired) electrons. The van der Waals surface area contributed by atoms with Gasteiger partial charge in [0.25, 0.3) is 5.91 Å². The number of halogens is 1. The van der Waals surface area contributed by atoms with Crippen molar-refractivity contribution in [2.45, 2.75) is 32.2 Å². The minimum Gasteiger partial charge on any atom is -0.356 e. The van der Waals surface area contributed by atoms with Crippen LogP contribution in [0.1, 0.15) is 47.3 Å². The zero-order valence-corrected chi connectivity index (χ0v) is 22.3. The number of nitrogens with zero attached hydrogens (tertiary/aromatic N) is 2. The summed E-state index contributed by atoms with van der Waals surface area (Å²) in [7, 11) is 3.46. The van der Waals surface area contributed by atoms with Crippen LogP contribution in [0, 0.1) is 5.92 Å². The van der Waals surface area contributed by atoms with Crippen LogP contribution in [0.5, 0.6) is 0 Å². The summed E-state index contributed by atoms with van der Waals surface area (Å²) in [5.74, 6) is 1.56. The molecule has 1 atom stereocenters. The van der Waals surface area contributed by atoms with E-state index in [1.54, 1.807) is 7.05 Å². The summed E-state index contributed by atoms with van der Waals surface area (Å²) in [6.45, 7) is 6.17. The van der Waals surface area contributed by atoms with E-state index in [4.69, 9.17) is 0 Å². The number of likely N-dealkylation sites (tertiary alicyclic amines) is 1. The van der Waals surface area contributed by atoms with Crippen molar-refractivity contribution in [1.82, 2.24) is 20.9 Å². The Kier molecular flexibility index (Phi) is 11.7. The molecule has 6 nitrogen and oxygen atoms in total. The van der Waals surface area contributed by atoms with Gasteiger partial charge in [-0.1, -0.05) is 49.4 Å². The van der Waals surface area contributed by atoms with Crippen molar-refractivity contribution in [3.63, 3.8) is 0 Å². The lowest BCUT2D eigenvalue weighted by atomic mass is 9.95. The monoisotopic (exact) mass is 563 g/mol. The molecule has 2 aromatic rings. The molecule has 1 aliphatic heterocycles. The van der Waals surface area contributed by atoms with Crippen LogP contribution in [0.25, 0.3) is 0 Å². The van der Waals surface area contributed by atoms with E-state index in [-0.39, 0.29) is 29.9 Å². The fourth-order valence-corrected chi connectivity index (χ4v) is 4.22. The van der Waals surface area contributed by atoms with Crippen molar-refractivity contribution >= 4 is 35.8 Å². The third kappa shape index (κ3) is 8.30. The van der Waals surface area contributed by atoms with Gasteiger partial charge in [-0.15, -0.1) is 24.0 Å². The summed E-state index contributed by atoms with van der Waals surface area (Å²) >= 11 is 0. The summed E-state index contributed by atoms with van der Waals surface area (Å²) in [4.78, 5) is 18.9. The second-order valence-electron chi connectivity index (χ2n) is 8.55. The van der Waals surface area contributed by atoms with Gasteiger partial charge in [0.2, 0.25) is 0 Å². The number of rotatable bonds is 8. The van der Waals surface area contributed by atoms with E-state index in [2.05, 4.69) is 63.1 Å². The lowest BCUT2D eigenvalue weighted by Gasteiger charge is -2.37. The highest BCUT2D eigenvalue weighted by Crippen LogP contribution is 2.26. The van der Waals surface area contributed by atoms with Gasteiger partial charge in [0, 0.05) is 32.7 Å². The molecule has 0 aromatic heterocycles. The maximum atomic E-state index is 11.8. The highest BCUT2D eigenvalue weighted by Gasteiger charge is 2.24. The Hall–Kier alpha value is -2.13. The van der Waals surface area contributed by atoms with Crippen LogP contribution in [0.2, 0.25) is 0 Å². The van der Waals surface area contributed by atoms with Gasteiger partial charge in [0.1, 0.15) is 0 Å². The first kappa shape index (κ1) is 27.1. The molecular weight excluding hydrogens is 525 g/mol. The molecule has 1 amide bonds. The number of hydrogen-bond donors (Lipinski definition) is 3. The number of carbonyl (C=O) groups excluding carboxylic acids is 1. The third-order valence-corrected chi connectivity index (χ3v) is 6.25. The molecule has 3 rings (SSSR count). The number of aliphatic imine (C=N–C) groups is 1. The summed E-state index contributed by atoms with van der Waals surface area (Å²) in [5, 5.41) is 9.63. The van der Waals surface area contributed by atoms with Gasteiger partial charge in [-0.2, -0.15) is 0 Å². The normalized spacial score (nSPS) is 15.9. The van der Waals surface area contributed by atoms with Crippen molar-refractivity contribution in [2.75, 3.05) is 40.3 Å². The van der Waals surface area contributed by atoms with Gasteiger partial charge < -0.3 is 16.0 Å². The van der Waals surface area contributed by atoms with Crippen LogP contribution >= 0.6 is 24.0 Å². The van der Waals surface area contributed by atoms with Gasteiger partial charge >= 0.3 is 0 Å². The maximum Gasteiger partial charge on any atom is 0.251 e. The second kappa shape index (κ2) is 14.2. The molecule has 1 saturated heterocycles. The molecule has 0 aliphatic carbocycles. The van der Waals surface area contributed by atoms with Crippen molar-refractivity contribution in [2.24, 2.45) is 10.9 Å². The van der Waals surface area contributed by atoms with E-state index < -0.39 is 0 Å². The van der Waals surface area contributed by atoms with Crippen molar-refractivity contribution < 1.29 is 4.79 Å². The predicted molar refractivity (Wildman–Crippen MR) is 147 cm³/mol. The molecule has 0 bridgehead atoms. The molecule has 1 fully saturated rings. The number of piperidine rings is 1. The van der Waals surface area contributed by atoms with Gasteiger partial charge in [0.15, 0.2) is 5.96 Å². The Labute approximate surface area is 215 Å². The average Bonchev–Trinajstić information content (AvgIpc) is 2.84. The van der Waals surface area contributed by atoms with Crippen molar-refractivity contribution in [3.8, 4) is 0 Å². The van der Waals surface area contributed by atoms with Crippen LogP contribution in [-0.2, 0) is 6.42 Å². The van der Waals surface area contributed by atoms with E-state index in [9.17, 15) is 4.79 Å². The predicted octanol–water partition coefficient (Wildman–Crippen LogP) is 3.84. The van der Waals surface area contributed by atoms with Crippen LogP contribution in [-0.4, -0.2) is 57.0 Å². The second-order valence-corrected chi connectivity index (χ2v) is 8.55. The highest BCUT2D eigenvalue weighted by molar-refractivity contribution is 14.0. The molecule has 180 valence electrons. The van der Waals surface area contributed by atoms with E-state index in [1.807, 2.05) is 31.3 Å².